The highest BCUT2D eigenvalue weighted by Crippen LogP contribution is 2.43. The number of aryl methyl sites for hydroxylation is 1. The molecule has 2 aliphatic heterocycles. The number of aromatic nitrogens is 5. The Balaban J connectivity index is 0.00000666. The molecule has 0 spiro atoms. The molecular weight excluding hydrogens is 927 g/mol. The van der Waals surface area contributed by atoms with E-state index in [0.29, 0.717) is 99.7 Å². The van der Waals surface area contributed by atoms with Gasteiger partial charge in [-0.3, -0.25) is 29.3 Å². The summed E-state index contributed by atoms with van der Waals surface area (Å²) in [6.45, 7) is 2.34. The van der Waals surface area contributed by atoms with E-state index in [-0.39, 0.29) is 85.0 Å². The number of benzene rings is 2. The molecule has 67 heavy (non-hydrogen) atoms. The van der Waals surface area contributed by atoms with E-state index in [0.717, 1.165) is 10.8 Å². The van der Waals surface area contributed by atoms with Crippen molar-refractivity contribution in [1.29, 1.82) is 0 Å². The predicted octanol–water partition coefficient (Wildman–Crippen LogP) is 6.24. The Bertz CT molecular complexity index is 2560. The van der Waals surface area contributed by atoms with Crippen LogP contribution in [-0.2, 0) is 49.8 Å². The van der Waals surface area contributed by atoms with Gasteiger partial charge in [0.15, 0.2) is 16.7 Å². The minimum absolute atomic E-state index is 0. The van der Waals surface area contributed by atoms with Gasteiger partial charge in [-0.05, 0) is 68.5 Å². The minimum Gasteiger partial charge on any atom is -0.487 e. The lowest BCUT2D eigenvalue weighted by Gasteiger charge is -2.39. The highest BCUT2D eigenvalue weighted by atomic mass is 35.5. The molecule has 4 N–H and O–H groups in total. The lowest BCUT2D eigenvalue weighted by molar-refractivity contribution is -0.137. The van der Waals surface area contributed by atoms with Gasteiger partial charge in [-0.25, -0.2) is 19.0 Å². The maximum absolute atomic E-state index is 14.7. The van der Waals surface area contributed by atoms with E-state index in [1.807, 2.05) is 29.8 Å². The number of halogens is 3. The summed E-state index contributed by atoms with van der Waals surface area (Å²) in [4.78, 5) is 74.8. The second-order valence-electron chi connectivity index (χ2n) is 16.6. The van der Waals surface area contributed by atoms with Gasteiger partial charge in [-0.1, -0.05) is 35.0 Å². The van der Waals surface area contributed by atoms with Gasteiger partial charge < -0.3 is 30.3 Å². The van der Waals surface area contributed by atoms with Crippen LogP contribution < -0.4 is 26.0 Å². The third-order valence-corrected chi connectivity index (χ3v) is 13.1. The molecule has 5 aromatic rings. The topological polar surface area (TPSA) is 212 Å². The van der Waals surface area contributed by atoms with Crippen molar-refractivity contribution in [2.45, 2.75) is 89.4 Å². The van der Waals surface area contributed by atoms with Crippen molar-refractivity contribution >= 4 is 81.4 Å². The average Bonchev–Trinajstić information content (AvgIpc) is 4.08. The van der Waals surface area contributed by atoms with E-state index in [1.54, 1.807) is 41.2 Å². The molecule has 1 saturated heterocycles. The van der Waals surface area contributed by atoms with Gasteiger partial charge in [0, 0.05) is 97.4 Å². The summed E-state index contributed by atoms with van der Waals surface area (Å²) in [6.07, 6.45) is 7.22. The number of rotatable bonds is 21. The molecule has 3 aromatic heterocycles. The summed E-state index contributed by atoms with van der Waals surface area (Å²) in [5.41, 5.74) is 2.37. The third-order valence-electron chi connectivity index (χ3n) is 12.2. The SMILES string of the molecule is Cl.O=C1CCC(N2Cc3c(NC(=O)CCNCCOCCn4cc(CCC(=O)C5(Cc6cccc(Nc7nccs7)n6)CCC(Oc6cccc(Cl)c6F)CC5)nn4)cccc3C2=O)C(=O)N1. The van der Waals surface area contributed by atoms with E-state index in [9.17, 15) is 28.4 Å². The van der Waals surface area contributed by atoms with Gasteiger partial charge in [0.25, 0.3) is 5.91 Å². The number of hydrogen-bond donors (Lipinski definition) is 4. The largest absolute Gasteiger partial charge is 0.487 e. The molecule has 8 rings (SSSR count). The van der Waals surface area contributed by atoms with E-state index < -0.39 is 23.2 Å². The molecule has 5 heterocycles. The van der Waals surface area contributed by atoms with Gasteiger partial charge in [-0.15, -0.1) is 28.8 Å². The van der Waals surface area contributed by atoms with Gasteiger partial charge in [0.2, 0.25) is 17.7 Å². The van der Waals surface area contributed by atoms with Crippen molar-refractivity contribution in [3.63, 3.8) is 0 Å². The van der Waals surface area contributed by atoms with Crippen LogP contribution in [0.15, 0.2) is 72.4 Å². The molecule has 1 aliphatic carbocycles. The van der Waals surface area contributed by atoms with Crippen LogP contribution in [0.2, 0.25) is 5.02 Å². The molecular formula is C46H51Cl2FN10O7S. The Kier molecular flexibility index (Phi) is 16.7. The van der Waals surface area contributed by atoms with E-state index in [1.165, 1.54) is 22.3 Å². The minimum atomic E-state index is -0.735. The molecule has 0 bridgehead atoms. The van der Waals surface area contributed by atoms with Crippen LogP contribution in [-0.4, -0.2) is 97.7 Å². The predicted molar refractivity (Wildman–Crippen MR) is 250 cm³/mol. The summed E-state index contributed by atoms with van der Waals surface area (Å²) in [5, 5.41) is 22.8. The second kappa shape index (κ2) is 22.8. The Morgan fingerprint density at radius 1 is 0.985 bits per heavy atom. The number of carbonyl (C=O) groups is 5. The lowest BCUT2D eigenvalue weighted by Crippen LogP contribution is -2.52. The number of imide groups is 1. The number of fused-ring (bicyclic) bond motifs is 1. The summed E-state index contributed by atoms with van der Waals surface area (Å²) in [6, 6.07) is 14.8. The van der Waals surface area contributed by atoms with Crippen LogP contribution in [0.25, 0.3) is 0 Å². The van der Waals surface area contributed by atoms with E-state index in [2.05, 4.69) is 36.6 Å². The number of carbonyl (C=O) groups excluding carboxylic acids is 5. The van der Waals surface area contributed by atoms with Crippen LogP contribution in [0.5, 0.6) is 5.75 Å². The van der Waals surface area contributed by atoms with Gasteiger partial charge in [0.05, 0.1) is 36.6 Å². The first-order chi connectivity index (χ1) is 32.0. The summed E-state index contributed by atoms with van der Waals surface area (Å²) in [5.74, 6) is -1.10. The fourth-order valence-corrected chi connectivity index (χ4v) is 9.38. The molecule has 2 aromatic carbocycles. The summed E-state index contributed by atoms with van der Waals surface area (Å²) < 4.78 is 28.2. The number of Topliss-reactive ketones (excluding diaryl/α,β-unsaturated/α-hetero) is 1. The van der Waals surface area contributed by atoms with Crippen molar-refractivity contribution in [1.82, 2.24) is 40.5 Å². The quantitative estimate of drug-likeness (QED) is 0.0475. The fourth-order valence-electron chi connectivity index (χ4n) is 8.68. The first kappa shape index (κ1) is 49.1. The zero-order valence-electron chi connectivity index (χ0n) is 36.5. The molecule has 21 heteroatoms. The number of ether oxygens (including phenoxy) is 2. The van der Waals surface area contributed by atoms with Crippen LogP contribution >= 0.6 is 35.3 Å². The van der Waals surface area contributed by atoms with Crippen LogP contribution in [0, 0.1) is 11.2 Å². The first-order valence-electron chi connectivity index (χ1n) is 22.0. The first-order valence-corrected chi connectivity index (χ1v) is 23.3. The van der Waals surface area contributed by atoms with Crippen molar-refractivity contribution in [2.75, 3.05) is 36.9 Å². The fraction of sp³-hybridized carbons (Fsp3) is 0.413. The number of pyridine rings is 1. The summed E-state index contributed by atoms with van der Waals surface area (Å²) in [7, 11) is 0. The number of anilines is 3. The molecule has 4 amide bonds. The average molecular weight is 978 g/mol. The molecule has 354 valence electrons. The number of hydrogen-bond acceptors (Lipinski definition) is 14. The Labute approximate surface area is 401 Å². The number of nitrogens with one attached hydrogen (secondary N) is 4. The molecule has 1 atom stereocenters. The zero-order chi connectivity index (χ0) is 46.0. The van der Waals surface area contributed by atoms with Crippen molar-refractivity contribution in [3.05, 3.63) is 106 Å². The Morgan fingerprint density at radius 2 is 1.81 bits per heavy atom. The van der Waals surface area contributed by atoms with Crippen LogP contribution in [0.3, 0.4) is 0 Å². The second-order valence-corrected chi connectivity index (χ2v) is 17.9. The maximum atomic E-state index is 14.7. The maximum Gasteiger partial charge on any atom is 0.255 e. The number of thiazole rings is 1. The lowest BCUT2D eigenvalue weighted by atomic mass is 9.66. The molecule has 2 fully saturated rings. The van der Waals surface area contributed by atoms with Crippen LogP contribution in [0.1, 0.15) is 78.7 Å². The van der Waals surface area contributed by atoms with Crippen molar-refractivity contribution < 1.29 is 37.8 Å². The normalized spacial score (nSPS) is 19.1. The molecule has 17 nitrogen and oxygen atoms in total. The molecule has 1 unspecified atom stereocenters. The number of ketones is 1. The summed E-state index contributed by atoms with van der Waals surface area (Å²) >= 11 is 7.47. The number of nitrogens with zero attached hydrogens (tertiary/aromatic N) is 6. The molecule has 1 saturated carbocycles. The molecule has 3 aliphatic rings. The van der Waals surface area contributed by atoms with Crippen molar-refractivity contribution in [3.8, 4) is 5.75 Å². The zero-order valence-corrected chi connectivity index (χ0v) is 38.9. The Hall–Kier alpha value is -5.86. The van der Waals surface area contributed by atoms with E-state index >= 15 is 0 Å². The number of piperidine rings is 1. The number of amides is 4. The highest BCUT2D eigenvalue weighted by Gasteiger charge is 2.43. The monoisotopic (exact) mass is 976 g/mol. The van der Waals surface area contributed by atoms with Gasteiger partial charge >= 0.3 is 0 Å². The van der Waals surface area contributed by atoms with Gasteiger partial charge in [-0.2, -0.15) is 0 Å². The van der Waals surface area contributed by atoms with Crippen molar-refractivity contribution in [2.24, 2.45) is 5.41 Å². The third kappa shape index (κ3) is 12.4. The van der Waals surface area contributed by atoms with Crippen LogP contribution in [0.4, 0.5) is 21.0 Å². The standard InChI is InChI=1S/C46H50ClFN10O7S.ClH/c47-34-6-3-8-37(42(34)48)65-31-14-17-46(18-15-31,26-29-4-1-9-39(51-29)53-45-50-21-25-66-45)38(59)12-10-30-27-57(56-55-30)22-24-64-23-20-49-19-16-41(61)52-35-7-2-5-32-33(35)28-58(44(32)63)36-11-13-40(60)54-43(36)62;/h1-9,21,25,27,31,36,49H,10-20,22-24,26,28H2,(H,52,61)(H,50,51,53)(H,54,60,62);1H. The highest BCUT2D eigenvalue weighted by molar-refractivity contribution is 7.13. The Morgan fingerprint density at radius 3 is 2.61 bits per heavy atom. The molecule has 0 radical (unpaired) electrons. The van der Waals surface area contributed by atoms with Gasteiger partial charge in [0.1, 0.15) is 17.6 Å². The van der Waals surface area contributed by atoms with E-state index in [4.69, 9.17) is 26.1 Å². The smallest absolute Gasteiger partial charge is 0.255 e.